The zero-order valence-corrected chi connectivity index (χ0v) is 11.9. The van der Waals surface area contributed by atoms with E-state index in [0.29, 0.717) is 6.04 Å². The summed E-state index contributed by atoms with van der Waals surface area (Å²) in [5.41, 5.74) is 1.15. The SMILES string of the molecule is C[C@@H](NCc1ccc(O)c(Br)c1)c1cccs1. The fourth-order valence-electron chi connectivity index (χ4n) is 1.57. The molecular weight excluding hydrogens is 298 g/mol. The number of aromatic hydroxyl groups is 1. The molecule has 0 amide bonds. The number of phenols is 1. The van der Waals surface area contributed by atoms with Gasteiger partial charge < -0.3 is 10.4 Å². The highest BCUT2D eigenvalue weighted by Crippen LogP contribution is 2.25. The molecule has 0 radical (unpaired) electrons. The highest BCUT2D eigenvalue weighted by atomic mass is 79.9. The molecule has 0 saturated carbocycles. The molecule has 2 N–H and O–H groups in total. The van der Waals surface area contributed by atoms with Gasteiger partial charge in [-0.05, 0) is 52.0 Å². The van der Waals surface area contributed by atoms with Gasteiger partial charge >= 0.3 is 0 Å². The van der Waals surface area contributed by atoms with Crippen LogP contribution in [0, 0.1) is 0 Å². The third-order valence-electron chi connectivity index (χ3n) is 2.59. The molecule has 0 aliphatic rings. The van der Waals surface area contributed by atoms with E-state index in [9.17, 15) is 5.11 Å². The van der Waals surface area contributed by atoms with Gasteiger partial charge in [0.05, 0.1) is 4.47 Å². The van der Waals surface area contributed by atoms with E-state index < -0.39 is 0 Å². The van der Waals surface area contributed by atoms with E-state index in [2.05, 4.69) is 45.7 Å². The van der Waals surface area contributed by atoms with Gasteiger partial charge in [0.2, 0.25) is 0 Å². The maximum absolute atomic E-state index is 9.41. The van der Waals surface area contributed by atoms with Crippen LogP contribution in [0.3, 0.4) is 0 Å². The Hall–Kier alpha value is -0.840. The maximum Gasteiger partial charge on any atom is 0.129 e. The van der Waals surface area contributed by atoms with E-state index in [4.69, 9.17) is 0 Å². The summed E-state index contributed by atoms with van der Waals surface area (Å²) in [6, 6.07) is 10.1. The van der Waals surface area contributed by atoms with Crippen LogP contribution >= 0.6 is 27.3 Å². The second-order valence-electron chi connectivity index (χ2n) is 3.90. The number of hydrogen-bond acceptors (Lipinski definition) is 3. The summed E-state index contributed by atoms with van der Waals surface area (Å²) in [5, 5.41) is 14.9. The van der Waals surface area contributed by atoms with E-state index >= 15 is 0 Å². The lowest BCUT2D eigenvalue weighted by molar-refractivity contribution is 0.471. The molecule has 2 aromatic rings. The minimum absolute atomic E-state index is 0.278. The third-order valence-corrected chi connectivity index (χ3v) is 4.28. The maximum atomic E-state index is 9.41. The molecule has 4 heteroatoms. The van der Waals surface area contributed by atoms with Gasteiger partial charge in [-0.1, -0.05) is 12.1 Å². The summed E-state index contributed by atoms with van der Waals surface area (Å²) in [5.74, 6) is 0.278. The molecule has 0 bridgehead atoms. The quantitative estimate of drug-likeness (QED) is 0.892. The average Bonchev–Trinajstić information content (AvgIpc) is 2.84. The van der Waals surface area contributed by atoms with E-state index in [1.807, 2.05) is 12.1 Å². The van der Waals surface area contributed by atoms with E-state index in [-0.39, 0.29) is 5.75 Å². The van der Waals surface area contributed by atoms with Crippen LogP contribution in [0.1, 0.15) is 23.4 Å². The van der Waals surface area contributed by atoms with Crippen LogP contribution in [0.5, 0.6) is 5.75 Å². The van der Waals surface area contributed by atoms with Crippen LogP contribution < -0.4 is 5.32 Å². The van der Waals surface area contributed by atoms with Crippen molar-refractivity contribution in [1.29, 1.82) is 0 Å². The van der Waals surface area contributed by atoms with Crippen molar-refractivity contribution in [3.05, 3.63) is 50.6 Å². The van der Waals surface area contributed by atoms with Gasteiger partial charge in [-0.25, -0.2) is 0 Å². The molecule has 1 atom stereocenters. The largest absolute Gasteiger partial charge is 0.507 e. The van der Waals surface area contributed by atoms with Crippen molar-refractivity contribution in [2.45, 2.75) is 19.5 Å². The Morgan fingerprint density at radius 1 is 1.41 bits per heavy atom. The lowest BCUT2D eigenvalue weighted by atomic mass is 10.2. The molecule has 0 fully saturated rings. The lowest BCUT2D eigenvalue weighted by Gasteiger charge is -2.12. The Balaban J connectivity index is 1.96. The van der Waals surface area contributed by atoms with Crippen molar-refractivity contribution in [3.63, 3.8) is 0 Å². The summed E-state index contributed by atoms with van der Waals surface area (Å²) in [7, 11) is 0. The topological polar surface area (TPSA) is 32.3 Å². The molecule has 1 aromatic heterocycles. The molecule has 0 spiro atoms. The highest BCUT2D eigenvalue weighted by molar-refractivity contribution is 9.10. The van der Waals surface area contributed by atoms with Gasteiger partial charge in [-0.2, -0.15) is 0 Å². The minimum atomic E-state index is 0.278. The number of benzene rings is 1. The van der Waals surface area contributed by atoms with Crippen LogP contribution in [-0.2, 0) is 6.54 Å². The Kier molecular flexibility index (Phi) is 4.20. The summed E-state index contributed by atoms with van der Waals surface area (Å²) >= 11 is 5.08. The average molecular weight is 312 g/mol. The zero-order chi connectivity index (χ0) is 12.3. The second kappa shape index (κ2) is 5.67. The standard InChI is InChI=1S/C13H14BrNOS/c1-9(13-3-2-6-17-13)15-8-10-4-5-12(16)11(14)7-10/h2-7,9,15-16H,8H2,1H3/t9-/m1/s1. The van der Waals surface area contributed by atoms with Crippen molar-refractivity contribution in [2.75, 3.05) is 0 Å². The first-order valence-corrected chi connectivity index (χ1v) is 7.08. The molecule has 0 unspecified atom stereocenters. The van der Waals surface area contributed by atoms with Crippen molar-refractivity contribution in [3.8, 4) is 5.75 Å². The van der Waals surface area contributed by atoms with Crippen LogP contribution in [0.4, 0.5) is 0 Å². The molecule has 1 aromatic carbocycles. The van der Waals surface area contributed by atoms with Crippen molar-refractivity contribution < 1.29 is 5.11 Å². The van der Waals surface area contributed by atoms with Crippen LogP contribution in [0.2, 0.25) is 0 Å². The monoisotopic (exact) mass is 311 g/mol. The van der Waals surface area contributed by atoms with Gasteiger partial charge in [0.25, 0.3) is 0 Å². The van der Waals surface area contributed by atoms with Crippen LogP contribution in [-0.4, -0.2) is 5.11 Å². The van der Waals surface area contributed by atoms with Gasteiger partial charge in [0.1, 0.15) is 5.75 Å². The predicted octanol–water partition coefficient (Wildman–Crippen LogP) is 4.07. The molecule has 1 heterocycles. The second-order valence-corrected chi connectivity index (χ2v) is 5.74. The fourth-order valence-corrected chi connectivity index (χ4v) is 2.75. The van der Waals surface area contributed by atoms with Gasteiger partial charge in [-0.3, -0.25) is 0 Å². The molecule has 0 saturated heterocycles. The number of hydrogen-bond donors (Lipinski definition) is 2. The Bertz CT molecular complexity index is 484. The third kappa shape index (κ3) is 3.31. The van der Waals surface area contributed by atoms with Crippen molar-refractivity contribution in [1.82, 2.24) is 5.32 Å². The predicted molar refractivity (Wildman–Crippen MR) is 75.4 cm³/mol. The molecule has 0 aliphatic carbocycles. The summed E-state index contributed by atoms with van der Waals surface area (Å²) in [6.45, 7) is 2.94. The van der Waals surface area contributed by atoms with Crippen molar-refractivity contribution >= 4 is 27.3 Å². The lowest BCUT2D eigenvalue weighted by Crippen LogP contribution is -2.17. The van der Waals surface area contributed by atoms with Gasteiger partial charge in [-0.15, -0.1) is 11.3 Å². The number of halogens is 1. The first kappa shape index (κ1) is 12.6. The normalized spacial score (nSPS) is 12.6. The van der Waals surface area contributed by atoms with Gasteiger partial charge in [0, 0.05) is 17.5 Å². The van der Waals surface area contributed by atoms with E-state index in [1.54, 1.807) is 17.4 Å². The van der Waals surface area contributed by atoms with Crippen LogP contribution in [0.25, 0.3) is 0 Å². The van der Waals surface area contributed by atoms with Crippen LogP contribution in [0.15, 0.2) is 40.2 Å². The number of nitrogens with one attached hydrogen (secondary N) is 1. The molecule has 90 valence electrons. The Morgan fingerprint density at radius 2 is 2.24 bits per heavy atom. The van der Waals surface area contributed by atoms with E-state index in [1.165, 1.54) is 4.88 Å². The van der Waals surface area contributed by atoms with Crippen molar-refractivity contribution in [2.24, 2.45) is 0 Å². The highest BCUT2D eigenvalue weighted by Gasteiger charge is 2.06. The summed E-state index contributed by atoms with van der Waals surface area (Å²) in [4.78, 5) is 1.34. The molecular formula is C13H14BrNOS. The number of rotatable bonds is 4. The Morgan fingerprint density at radius 3 is 2.88 bits per heavy atom. The number of thiophene rings is 1. The molecule has 17 heavy (non-hydrogen) atoms. The first-order chi connectivity index (χ1) is 8.16. The smallest absolute Gasteiger partial charge is 0.129 e. The zero-order valence-electron chi connectivity index (χ0n) is 9.48. The minimum Gasteiger partial charge on any atom is -0.507 e. The molecule has 2 rings (SSSR count). The summed E-state index contributed by atoms with van der Waals surface area (Å²) in [6.07, 6.45) is 0. The fraction of sp³-hybridized carbons (Fsp3) is 0.231. The summed E-state index contributed by atoms with van der Waals surface area (Å²) < 4.78 is 0.737. The molecule has 2 nitrogen and oxygen atoms in total. The first-order valence-electron chi connectivity index (χ1n) is 5.41. The van der Waals surface area contributed by atoms with E-state index in [0.717, 1.165) is 16.6 Å². The number of phenolic OH excluding ortho intramolecular Hbond substituents is 1. The molecule has 0 aliphatic heterocycles. The Labute approximate surface area is 113 Å². The van der Waals surface area contributed by atoms with Gasteiger partial charge in [0.15, 0.2) is 0 Å².